The maximum Gasteiger partial charge on any atom is 0.223 e. The van der Waals surface area contributed by atoms with Crippen molar-refractivity contribution < 1.29 is 9.90 Å². The quantitative estimate of drug-likeness (QED) is 0.884. The lowest BCUT2D eigenvalue weighted by Crippen LogP contribution is -2.45. The van der Waals surface area contributed by atoms with Crippen molar-refractivity contribution in [2.45, 2.75) is 37.7 Å². The molecular formula is C17H25N3O2. The summed E-state index contributed by atoms with van der Waals surface area (Å²) in [6.45, 7) is 4.03. The molecule has 0 aliphatic carbocycles. The number of nitrogens with zero attached hydrogens (tertiary/aromatic N) is 3. The molecule has 0 aromatic carbocycles. The van der Waals surface area contributed by atoms with E-state index in [0.717, 1.165) is 18.7 Å². The predicted molar refractivity (Wildman–Crippen MR) is 84.4 cm³/mol. The van der Waals surface area contributed by atoms with Gasteiger partial charge in [0.15, 0.2) is 0 Å². The molecule has 1 atom stereocenters. The zero-order valence-corrected chi connectivity index (χ0v) is 13.1. The van der Waals surface area contributed by atoms with E-state index in [2.05, 4.69) is 9.88 Å². The monoisotopic (exact) mass is 303 g/mol. The Hall–Kier alpha value is -1.46. The molecule has 120 valence electrons. The summed E-state index contributed by atoms with van der Waals surface area (Å²) in [5.74, 6) is 0.140. The minimum Gasteiger partial charge on any atom is -0.387 e. The van der Waals surface area contributed by atoms with Gasteiger partial charge in [-0.05, 0) is 50.4 Å². The molecule has 5 nitrogen and oxygen atoms in total. The molecule has 2 aliphatic rings. The third-order valence-electron chi connectivity index (χ3n) is 4.75. The SMILES string of the molecule is O=C(CCc1cccnc1)N1CC[C@](O)(CN2CCCC2)C1. The number of rotatable bonds is 5. The largest absolute Gasteiger partial charge is 0.387 e. The number of pyridine rings is 1. The summed E-state index contributed by atoms with van der Waals surface area (Å²) < 4.78 is 0. The van der Waals surface area contributed by atoms with E-state index >= 15 is 0 Å². The van der Waals surface area contributed by atoms with Crippen LogP contribution < -0.4 is 0 Å². The number of β-amino-alcohol motifs (C(OH)–C–C–N with tert-alkyl or cyclic N) is 1. The predicted octanol–water partition coefficient (Wildman–Crippen LogP) is 1.07. The first-order valence-electron chi connectivity index (χ1n) is 8.26. The standard InChI is InChI=1S/C17H25N3O2/c21-16(6-5-15-4-3-8-18-12-15)20-11-7-17(22,14-20)13-19-9-1-2-10-19/h3-4,8,12,22H,1-2,5-7,9-11,13-14H2/t17-/m0/s1. The van der Waals surface area contributed by atoms with Crippen LogP contribution >= 0.6 is 0 Å². The number of aliphatic hydroxyl groups is 1. The zero-order valence-electron chi connectivity index (χ0n) is 13.1. The summed E-state index contributed by atoms with van der Waals surface area (Å²) in [6, 6.07) is 3.89. The Labute approximate surface area is 131 Å². The van der Waals surface area contributed by atoms with Gasteiger partial charge in [0.05, 0.1) is 12.1 Å². The average Bonchev–Trinajstić information content (AvgIpc) is 3.16. The summed E-state index contributed by atoms with van der Waals surface area (Å²) in [5.41, 5.74) is 0.372. The van der Waals surface area contributed by atoms with E-state index in [-0.39, 0.29) is 5.91 Å². The van der Waals surface area contributed by atoms with E-state index in [1.54, 1.807) is 12.4 Å². The van der Waals surface area contributed by atoms with Crippen LogP contribution in [0.1, 0.15) is 31.2 Å². The summed E-state index contributed by atoms with van der Waals surface area (Å²) >= 11 is 0. The summed E-state index contributed by atoms with van der Waals surface area (Å²) in [7, 11) is 0. The van der Waals surface area contributed by atoms with Gasteiger partial charge in [-0.25, -0.2) is 0 Å². The molecule has 1 aromatic rings. The van der Waals surface area contributed by atoms with E-state index in [4.69, 9.17) is 0 Å². The van der Waals surface area contributed by atoms with Crippen molar-refractivity contribution in [1.82, 2.24) is 14.8 Å². The fourth-order valence-electron chi connectivity index (χ4n) is 3.51. The number of hydrogen-bond acceptors (Lipinski definition) is 4. The summed E-state index contributed by atoms with van der Waals surface area (Å²) in [4.78, 5) is 20.5. The molecule has 2 saturated heterocycles. The molecule has 0 spiro atoms. The fourth-order valence-corrected chi connectivity index (χ4v) is 3.51. The Balaban J connectivity index is 1.47. The van der Waals surface area contributed by atoms with Crippen LogP contribution in [0.25, 0.3) is 0 Å². The number of aromatic nitrogens is 1. The van der Waals surface area contributed by atoms with Crippen LogP contribution in [0.4, 0.5) is 0 Å². The molecule has 3 rings (SSSR count). The number of amides is 1. The van der Waals surface area contributed by atoms with Gasteiger partial charge in [-0.3, -0.25) is 9.78 Å². The highest BCUT2D eigenvalue weighted by atomic mass is 16.3. The molecule has 2 fully saturated rings. The molecule has 0 saturated carbocycles. The Morgan fingerprint density at radius 1 is 1.32 bits per heavy atom. The van der Waals surface area contributed by atoms with Crippen LogP contribution in [0.3, 0.4) is 0 Å². The van der Waals surface area contributed by atoms with Crippen LogP contribution in [0.2, 0.25) is 0 Å². The Morgan fingerprint density at radius 2 is 2.14 bits per heavy atom. The lowest BCUT2D eigenvalue weighted by atomic mass is 10.0. The van der Waals surface area contributed by atoms with Crippen molar-refractivity contribution in [3.8, 4) is 0 Å². The molecule has 0 unspecified atom stereocenters. The first-order valence-corrected chi connectivity index (χ1v) is 8.26. The van der Waals surface area contributed by atoms with Crippen LogP contribution in [0.5, 0.6) is 0 Å². The number of carbonyl (C=O) groups is 1. The topological polar surface area (TPSA) is 56.7 Å². The minimum atomic E-state index is -0.714. The second-order valence-electron chi connectivity index (χ2n) is 6.63. The lowest BCUT2D eigenvalue weighted by molar-refractivity contribution is -0.131. The van der Waals surface area contributed by atoms with Crippen molar-refractivity contribution in [1.29, 1.82) is 0 Å². The molecule has 2 aliphatic heterocycles. The van der Waals surface area contributed by atoms with E-state index in [0.29, 0.717) is 38.9 Å². The van der Waals surface area contributed by atoms with Gasteiger partial charge in [-0.15, -0.1) is 0 Å². The summed E-state index contributed by atoms with van der Waals surface area (Å²) in [6.07, 6.45) is 7.90. The van der Waals surface area contributed by atoms with Gasteiger partial charge in [0.25, 0.3) is 0 Å². The molecule has 0 bridgehead atoms. The molecule has 0 radical (unpaired) electrons. The summed E-state index contributed by atoms with van der Waals surface area (Å²) in [5, 5.41) is 10.7. The van der Waals surface area contributed by atoms with Gasteiger partial charge >= 0.3 is 0 Å². The normalized spacial score (nSPS) is 25.8. The Morgan fingerprint density at radius 3 is 2.86 bits per heavy atom. The van der Waals surface area contributed by atoms with Crippen molar-refractivity contribution in [3.05, 3.63) is 30.1 Å². The molecule has 3 heterocycles. The third kappa shape index (κ3) is 3.84. The Bertz CT molecular complexity index is 502. The number of hydrogen-bond donors (Lipinski definition) is 1. The van der Waals surface area contributed by atoms with Gasteiger partial charge in [0.1, 0.15) is 0 Å². The average molecular weight is 303 g/mol. The number of likely N-dealkylation sites (tertiary alicyclic amines) is 2. The van der Waals surface area contributed by atoms with Crippen LogP contribution in [0.15, 0.2) is 24.5 Å². The smallest absolute Gasteiger partial charge is 0.223 e. The lowest BCUT2D eigenvalue weighted by Gasteiger charge is -2.28. The van der Waals surface area contributed by atoms with Gasteiger partial charge in [-0.2, -0.15) is 0 Å². The molecule has 5 heteroatoms. The van der Waals surface area contributed by atoms with Gasteiger partial charge in [-0.1, -0.05) is 6.07 Å². The van der Waals surface area contributed by atoms with E-state index < -0.39 is 5.60 Å². The molecule has 1 N–H and O–H groups in total. The van der Waals surface area contributed by atoms with Crippen LogP contribution in [0, 0.1) is 0 Å². The maximum absolute atomic E-state index is 12.3. The van der Waals surface area contributed by atoms with E-state index in [1.165, 1.54) is 12.8 Å². The highest BCUT2D eigenvalue weighted by Crippen LogP contribution is 2.25. The van der Waals surface area contributed by atoms with Crippen molar-refractivity contribution in [2.24, 2.45) is 0 Å². The highest BCUT2D eigenvalue weighted by molar-refractivity contribution is 5.76. The van der Waals surface area contributed by atoms with E-state index in [1.807, 2.05) is 17.0 Å². The molecular weight excluding hydrogens is 278 g/mol. The zero-order chi connectivity index (χ0) is 15.4. The Kier molecular flexibility index (Phi) is 4.74. The molecule has 1 amide bonds. The minimum absolute atomic E-state index is 0.140. The van der Waals surface area contributed by atoms with Gasteiger partial charge < -0.3 is 14.9 Å². The first-order chi connectivity index (χ1) is 10.6. The molecule has 1 aromatic heterocycles. The fraction of sp³-hybridized carbons (Fsp3) is 0.647. The second kappa shape index (κ2) is 6.75. The molecule has 22 heavy (non-hydrogen) atoms. The number of carbonyl (C=O) groups excluding carboxylic acids is 1. The van der Waals surface area contributed by atoms with Gasteiger partial charge in [0, 0.05) is 31.9 Å². The van der Waals surface area contributed by atoms with Crippen LogP contribution in [-0.4, -0.2) is 64.1 Å². The third-order valence-corrected chi connectivity index (χ3v) is 4.75. The van der Waals surface area contributed by atoms with Crippen molar-refractivity contribution >= 4 is 5.91 Å². The van der Waals surface area contributed by atoms with E-state index in [9.17, 15) is 9.90 Å². The first kappa shape index (κ1) is 15.4. The van der Waals surface area contributed by atoms with Crippen molar-refractivity contribution in [2.75, 3.05) is 32.7 Å². The van der Waals surface area contributed by atoms with Crippen LogP contribution in [-0.2, 0) is 11.2 Å². The van der Waals surface area contributed by atoms with Gasteiger partial charge in [0.2, 0.25) is 5.91 Å². The number of aryl methyl sites for hydroxylation is 1. The van der Waals surface area contributed by atoms with Crippen molar-refractivity contribution in [3.63, 3.8) is 0 Å². The second-order valence-corrected chi connectivity index (χ2v) is 6.63. The highest BCUT2D eigenvalue weighted by Gasteiger charge is 2.39. The maximum atomic E-state index is 12.3.